The van der Waals surface area contributed by atoms with Gasteiger partial charge in [-0.05, 0) is 48.5 Å². The highest BCUT2D eigenvalue weighted by atomic mass is 16.4. The second-order valence-electron chi connectivity index (χ2n) is 9.35. The largest absolute Gasteiger partial charge is 0.478 e. The summed E-state index contributed by atoms with van der Waals surface area (Å²) in [5, 5.41) is 18.1. The number of hydrogen-bond donors (Lipinski definition) is 2. The molecular weight excluding hydrogens is 496 g/mol. The Morgan fingerprint density at radius 1 is 0.579 bits per heavy atom. The minimum absolute atomic E-state index is 0.000473. The van der Waals surface area contributed by atoms with Gasteiger partial charge in [0.15, 0.2) is 0 Å². The van der Waals surface area contributed by atoms with Crippen molar-refractivity contribution in [3.63, 3.8) is 0 Å². The molecule has 0 bridgehead atoms. The number of carboxylic acids is 2. The van der Waals surface area contributed by atoms with Crippen LogP contribution in [0.15, 0.2) is 48.5 Å². The molecule has 0 radical (unpaired) electrons. The molecule has 196 valence electrons. The van der Waals surface area contributed by atoms with Gasteiger partial charge in [0, 0.05) is 26.2 Å². The van der Waals surface area contributed by atoms with E-state index in [1.165, 1.54) is 48.5 Å². The van der Waals surface area contributed by atoms with Gasteiger partial charge in [0.2, 0.25) is 11.8 Å². The van der Waals surface area contributed by atoms with E-state index in [-0.39, 0.29) is 47.6 Å². The van der Waals surface area contributed by atoms with Crippen molar-refractivity contribution in [2.24, 2.45) is 0 Å². The topological polar surface area (TPSA) is 156 Å². The van der Waals surface area contributed by atoms with E-state index >= 15 is 0 Å². The summed E-state index contributed by atoms with van der Waals surface area (Å²) in [6.45, 7) is 1.67. The molecule has 5 rings (SSSR count). The molecule has 2 atom stereocenters. The second-order valence-corrected chi connectivity index (χ2v) is 9.35. The van der Waals surface area contributed by atoms with E-state index in [0.717, 1.165) is 9.80 Å². The lowest BCUT2D eigenvalue weighted by molar-refractivity contribution is -0.126. The van der Waals surface area contributed by atoms with E-state index in [1.807, 2.05) is 9.80 Å². The van der Waals surface area contributed by atoms with Gasteiger partial charge in [-0.25, -0.2) is 19.4 Å². The zero-order valence-corrected chi connectivity index (χ0v) is 20.1. The van der Waals surface area contributed by atoms with Gasteiger partial charge in [-0.1, -0.05) is 0 Å². The first-order valence-corrected chi connectivity index (χ1v) is 12.0. The molecule has 2 N–H and O–H groups in total. The zero-order chi connectivity index (χ0) is 27.1. The lowest BCUT2D eigenvalue weighted by Crippen LogP contribution is -2.56. The van der Waals surface area contributed by atoms with Crippen LogP contribution in [0.1, 0.15) is 33.6 Å². The molecule has 0 aliphatic carbocycles. The predicted molar refractivity (Wildman–Crippen MR) is 132 cm³/mol. The minimum Gasteiger partial charge on any atom is -0.478 e. The van der Waals surface area contributed by atoms with Crippen LogP contribution in [0.5, 0.6) is 0 Å². The summed E-state index contributed by atoms with van der Waals surface area (Å²) in [6, 6.07) is 9.78. The molecule has 3 saturated heterocycles. The van der Waals surface area contributed by atoms with Crippen LogP contribution in [-0.4, -0.2) is 93.8 Å². The third kappa shape index (κ3) is 4.44. The van der Waals surface area contributed by atoms with Gasteiger partial charge in [-0.2, -0.15) is 0 Å². The molecule has 3 fully saturated rings. The van der Waals surface area contributed by atoms with E-state index in [1.54, 1.807) is 0 Å². The van der Waals surface area contributed by atoms with Gasteiger partial charge in [0.05, 0.1) is 47.4 Å². The average Bonchev–Trinajstić information content (AvgIpc) is 3.37. The van der Waals surface area contributed by atoms with Crippen molar-refractivity contribution < 1.29 is 39.0 Å². The van der Waals surface area contributed by atoms with Gasteiger partial charge in [0.1, 0.15) is 0 Å². The van der Waals surface area contributed by atoms with Crippen molar-refractivity contribution in [3.05, 3.63) is 59.7 Å². The fourth-order valence-corrected chi connectivity index (χ4v) is 5.21. The number of imide groups is 2. The second kappa shape index (κ2) is 9.80. The summed E-state index contributed by atoms with van der Waals surface area (Å²) >= 11 is 0. The van der Waals surface area contributed by atoms with Crippen LogP contribution in [0.3, 0.4) is 0 Å². The summed E-state index contributed by atoms with van der Waals surface area (Å²) in [7, 11) is 0. The Balaban J connectivity index is 1.22. The zero-order valence-electron chi connectivity index (χ0n) is 20.1. The van der Waals surface area contributed by atoms with Crippen LogP contribution in [0.4, 0.5) is 11.4 Å². The van der Waals surface area contributed by atoms with Crippen LogP contribution in [0, 0.1) is 0 Å². The molecule has 4 amide bonds. The third-order valence-electron chi connectivity index (χ3n) is 7.22. The van der Waals surface area contributed by atoms with Gasteiger partial charge in [-0.3, -0.25) is 29.0 Å². The number of benzene rings is 2. The molecule has 12 nitrogen and oxygen atoms in total. The van der Waals surface area contributed by atoms with Gasteiger partial charge in [0.25, 0.3) is 11.8 Å². The molecule has 3 aliphatic heterocycles. The number of anilines is 2. The first kappa shape index (κ1) is 25.2. The maximum absolute atomic E-state index is 13.1. The van der Waals surface area contributed by atoms with E-state index in [0.29, 0.717) is 37.6 Å². The Morgan fingerprint density at radius 2 is 0.895 bits per heavy atom. The quantitative estimate of drug-likeness (QED) is 0.519. The summed E-state index contributed by atoms with van der Waals surface area (Å²) < 4.78 is 0. The van der Waals surface area contributed by atoms with Gasteiger partial charge < -0.3 is 10.2 Å². The molecular formula is C26H24N4O8. The lowest BCUT2D eigenvalue weighted by atomic mass is 10.1. The maximum Gasteiger partial charge on any atom is 0.335 e. The van der Waals surface area contributed by atoms with Crippen LogP contribution >= 0.6 is 0 Å². The SMILES string of the molecule is O=C(O)c1ccc(N2C(=O)CC(N3CCN(C4CC(=O)N(c5ccc(C(=O)O)cc5)C4=O)CC3)C2=O)cc1. The molecule has 0 aromatic heterocycles. The highest BCUT2D eigenvalue weighted by Crippen LogP contribution is 2.29. The number of nitrogens with zero attached hydrogens (tertiary/aromatic N) is 4. The number of carbonyl (C=O) groups is 6. The fraction of sp³-hybridized carbons (Fsp3) is 0.308. The monoisotopic (exact) mass is 520 g/mol. The van der Waals surface area contributed by atoms with E-state index in [9.17, 15) is 28.8 Å². The molecule has 2 unspecified atom stereocenters. The Kier molecular flexibility index (Phi) is 6.51. The number of aromatic carboxylic acids is 2. The highest BCUT2D eigenvalue weighted by molar-refractivity contribution is 6.23. The highest BCUT2D eigenvalue weighted by Gasteiger charge is 2.46. The summed E-state index contributed by atoms with van der Waals surface area (Å²) in [5.41, 5.74) is 0.739. The van der Waals surface area contributed by atoms with Crippen molar-refractivity contribution in [2.45, 2.75) is 24.9 Å². The molecule has 3 aliphatic rings. The Labute approximate surface area is 216 Å². The van der Waals surface area contributed by atoms with Crippen molar-refractivity contribution >= 4 is 46.9 Å². The van der Waals surface area contributed by atoms with Crippen LogP contribution in [-0.2, 0) is 19.2 Å². The predicted octanol–water partition coefficient (Wildman–Crippen LogP) is 0.665. The number of piperazine rings is 1. The first-order valence-electron chi connectivity index (χ1n) is 12.0. The Hall–Kier alpha value is -4.42. The molecule has 0 spiro atoms. The van der Waals surface area contributed by atoms with E-state index in [4.69, 9.17) is 10.2 Å². The molecule has 2 aromatic rings. The van der Waals surface area contributed by atoms with Gasteiger partial charge >= 0.3 is 11.9 Å². The number of carbonyl (C=O) groups excluding carboxylic acids is 4. The summed E-state index contributed by atoms with van der Waals surface area (Å²) in [5.74, 6) is -3.71. The number of rotatable bonds is 6. The van der Waals surface area contributed by atoms with Crippen LogP contribution in [0.2, 0.25) is 0 Å². The first-order chi connectivity index (χ1) is 18.2. The standard InChI is InChI=1S/C26H24N4O8/c31-21-13-19(23(33)29(21)17-5-1-15(2-6-17)25(35)36)27-9-11-28(12-10-27)20-14-22(32)30(24(20)34)18-7-3-16(4-8-18)26(37)38/h1-8,19-20H,9-14H2,(H,35,36)(H,37,38). The molecule has 12 heteroatoms. The van der Waals surface area contributed by atoms with E-state index < -0.39 is 24.0 Å². The molecule has 38 heavy (non-hydrogen) atoms. The van der Waals surface area contributed by atoms with Crippen molar-refractivity contribution in [1.29, 1.82) is 0 Å². The molecule has 3 heterocycles. The smallest absolute Gasteiger partial charge is 0.335 e. The van der Waals surface area contributed by atoms with Crippen LogP contribution in [0.25, 0.3) is 0 Å². The maximum atomic E-state index is 13.1. The van der Waals surface area contributed by atoms with Gasteiger partial charge in [-0.15, -0.1) is 0 Å². The summed E-state index contributed by atoms with van der Waals surface area (Å²) in [6.07, 6.45) is 0.000945. The Morgan fingerprint density at radius 3 is 1.18 bits per heavy atom. The van der Waals surface area contributed by atoms with E-state index in [2.05, 4.69) is 0 Å². The molecule has 2 aromatic carbocycles. The Bertz CT molecular complexity index is 1230. The minimum atomic E-state index is -1.10. The number of carboxylic acid groups (broad SMARTS) is 2. The van der Waals surface area contributed by atoms with Crippen molar-refractivity contribution in [2.75, 3.05) is 36.0 Å². The van der Waals surface area contributed by atoms with Crippen LogP contribution < -0.4 is 9.80 Å². The van der Waals surface area contributed by atoms with Crippen molar-refractivity contribution in [3.8, 4) is 0 Å². The summed E-state index contributed by atoms with van der Waals surface area (Å²) in [4.78, 5) is 79.7. The number of hydrogen-bond acceptors (Lipinski definition) is 8. The normalized spacial score (nSPS) is 22.9. The third-order valence-corrected chi connectivity index (χ3v) is 7.22. The van der Waals surface area contributed by atoms with Crippen molar-refractivity contribution in [1.82, 2.24) is 9.80 Å². The average molecular weight is 520 g/mol. The lowest BCUT2D eigenvalue weighted by Gasteiger charge is -2.38. The number of amides is 4. The fourth-order valence-electron chi connectivity index (χ4n) is 5.21. The molecule has 0 saturated carbocycles.